The summed E-state index contributed by atoms with van der Waals surface area (Å²) in [6.07, 6.45) is 0.505. The van der Waals surface area contributed by atoms with E-state index in [1.807, 2.05) is 0 Å². The predicted octanol–water partition coefficient (Wildman–Crippen LogP) is 1.63. The van der Waals surface area contributed by atoms with E-state index < -0.39 is 0 Å². The summed E-state index contributed by atoms with van der Waals surface area (Å²) in [5.41, 5.74) is 3.65. The van der Waals surface area contributed by atoms with Gasteiger partial charge in [0.25, 0.3) is 0 Å². The number of fused-ring (bicyclic) bond motifs is 3. The van der Waals surface area contributed by atoms with Gasteiger partial charge in [0.05, 0.1) is 25.7 Å². The summed E-state index contributed by atoms with van der Waals surface area (Å²) in [6, 6.07) is 6.66. The number of amides is 1. The van der Waals surface area contributed by atoms with Crippen molar-refractivity contribution in [3.05, 3.63) is 34.9 Å². The highest BCUT2D eigenvalue weighted by atomic mass is 16.5. The van der Waals surface area contributed by atoms with Crippen LogP contribution in [0.5, 0.6) is 0 Å². The minimum atomic E-state index is 0.246. The first-order valence-corrected chi connectivity index (χ1v) is 8.15. The number of carbonyl (C=O) groups excluding carboxylic acids is 1. The monoisotopic (exact) mass is 302 g/mol. The van der Waals surface area contributed by atoms with E-state index in [4.69, 9.17) is 4.74 Å². The first kappa shape index (κ1) is 15.5. The number of ether oxygens (including phenoxy) is 1. The Kier molecular flexibility index (Phi) is 4.50. The number of likely N-dealkylation sites (N-methyl/N-ethyl adjacent to an activating group) is 1. The third kappa shape index (κ3) is 3.33. The maximum Gasteiger partial charge on any atom is 0.227 e. The molecule has 0 spiro atoms. The van der Waals surface area contributed by atoms with Gasteiger partial charge in [-0.3, -0.25) is 9.69 Å². The summed E-state index contributed by atoms with van der Waals surface area (Å²) in [5.74, 6) is 0.677. The summed E-state index contributed by atoms with van der Waals surface area (Å²) in [6.45, 7) is 8.35. The lowest BCUT2D eigenvalue weighted by atomic mass is 10.0. The number of benzene rings is 1. The molecule has 0 unspecified atom stereocenters. The Morgan fingerprint density at radius 3 is 2.77 bits per heavy atom. The van der Waals surface area contributed by atoms with E-state index in [-0.39, 0.29) is 5.91 Å². The van der Waals surface area contributed by atoms with Crippen molar-refractivity contribution in [2.24, 2.45) is 5.92 Å². The number of rotatable bonds is 2. The van der Waals surface area contributed by atoms with Crippen molar-refractivity contribution in [3.8, 4) is 0 Å². The van der Waals surface area contributed by atoms with Crippen LogP contribution in [-0.2, 0) is 16.0 Å². The topological polar surface area (TPSA) is 32.8 Å². The standard InChI is InChI=1S/C18H26N2O2/c1-13-4-5-15(6-14(13)2)7-18(21)20-9-16-8-19(3)17(10-20)12-22-11-16/h4-6,16-17H,7-12H2,1-3H3/t16-,17+/m1/s1. The van der Waals surface area contributed by atoms with E-state index in [1.165, 1.54) is 11.1 Å². The lowest BCUT2D eigenvalue weighted by Gasteiger charge is -2.30. The van der Waals surface area contributed by atoms with Crippen molar-refractivity contribution in [2.45, 2.75) is 26.3 Å². The van der Waals surface area contributed by atoms with Crippen LogP contribution in [0.2, 0.25) is 0 Å². The molecular weight excluding hydrogens is 276 g/mol. The molecule has 2 aliphatic rings. The second-order valence-electron chi connectivity index (χ2n) is 6.89. The fraction of sp³-hybridized carbons (Fsp3) is 0.611. The van der Waals surface area contributed by atoms with Crippen molar-refractivity contribution >= 4 is 5.91 Å². The minimum absolute atomic E-state index is 0.246. The summed E-state index contributed by atoms with van der Waals surface area (Å²) in [7, 11) is 2.14. The van der Waals surface area contributed by atoms with Gasteiger partial charge in [0.1, 0.15) is 0 Å². The molecule has 4 heteroatoms. The fourth-order valence-corrected chi connectivity index (χ4v) is 3.45. The molecule has 2 fully saturated rings. The van der Waals surface area contributed by atoms with Crippen LogP contribution in [0.3, 0.4) is 0 Å². The van der Waals surface area contributed by atoms with Crippen molar-refractivity contribution in [1.29, 1.82) is 0 Å². The highest BCUT2D eigenvalue weighted by Gasteiger charge is 2.33. The van der Waals surface area contributed by atoms with Crippen LogP contribution in [0.25, 0.3) is 0 Å². The highest BCUT2D eigenvalue weighted by Crippen LogP contribution is 2.19. The van der Waals surface area contributed by atoms with Gasteiger partial charge in [-0.15, -0.1) is 0 Å². The SMILES string of the molecule is Cc1ccc(CC(=O)N2C[C@@H]3COC[C@H](C2)N(C)C3)cc1C. The van der Waals surface area contributed by atoms with E-state index in [2.05, 4.69) is 48.9 Å². The lowest BCUT2D eigenvalue weighted by Crippen LogP contribution is -2.45. The van der Waals surface area contributed by atoms with Gasteiger partial charge in [0, 0.05) is 25.6 Å². The molecule has 0 aromatic heterocycles. The molecule has 2 atom stereocenters. The van der Waals surface area contributed by atoms with E-state index >= 15 is 0 Å². The van der Waals surface area contributed by atoms with Crippen LogP contribution in [0.1, 0.15) is 16.7 Å². The van der Waals surface area contributed by atoms with Crippen molar-refractivity contribution in [1.82, 2.24) is 9.80 Å². The summed E-state index contributed by atoms with van der Waals surface area (Å²) in [4.78, 5) is 17.1. The Morgan fingerprint density at radius 2 is 2.00 bits per heavy atom. The first-order chi connectivity index (χ1) is 10.5. The molecule has 1 amide bonds. The van der Waals surface area contributed by atoms with Gasteiger partial charge in [-0.2, -0.15) is 0 Å². The third-order valence-electron chi connectivity index (χ3n) is 5.02. The highest BCUT2D eigenvalue weighted by molar-refractivity contribution is 5.79. The Balaban J connectivity index is 1.70. The zero-order valence-electron chi connectivity index (χ0n) is 13.8. The van der Waals surface area contributed by atoms with Crippen molar-refractivity contribution < 1.29 is 9.53 Å². The average molecular weight is 302 g/mol. The second kappa shape index (κ2) is 6.39. The third-order valence-corrected chi connectivity index (χ3v) is 5.02. The molecule has 0 N–H and O–H groups in total. The van der Waals surface area contributed by atoms with Gasteiger partial charge in [0.15, 0.2) is 0 Å². The van der Waals surface area contributed by atoms with Crippen LogP contribution in [-0.4, -0.2) is 61.6 Å². The molecule has 2 saturated heterocycles. The molecule has 0 radical (unpaired) electrons. The normalized spacial score (nSPS) is 25.9. The predicted molar refractivity (Wildman–Crippen MR) is 86.9 cm³/mol. The Morgan fingerprint density at radius 1 is 1.18 bits per heavy atom. The molecule has 0 saturated carbocycles. The van der Waals surface area contributed by atoms with Crippen LogP contribution in [0, 0.1) is 19.8 Å². The van der Waals surface area contributed by atoms with Crippen LogP contribution >= 0.6 is 0 Å². The number of nitrogens with zero attached hydrogens (tertiary/aromatic N) is 2. The number of aryl methyl sites for hydroxylation is 2. The largest absolute Gasteiger partial charge is 0.379 e. The van der Waals surface area contributed by atoms with Crippen LogP contribution in [0.15, 0.2) is 18.2 Å². The van der Waals surface area contributed by atoms with Gasteiger partial charge in [-0.05, 0) is 37.6 Å². The Labute approximate surface area is 133 Å². The number of carbonyl (C=O) groups is 1. The van der Waals surface area contributed by atoms with Gasteiger partial charge < -0.3 is 9.64 Å². The minimum Gasteiger partial charge on any atom is -0.379 e. The number of hydrogen-bond donors (Lipinski definition) is 0. The maximum absolute atomic E-state index is 12.7. The summed E-state index contributed by atoms with van der Waals surface area (Å²) < 4.78 is 5.73. The Hall–Kier alpha value is -1.39. The molecule has 0 aliphatic carbocycles. The maximum atomic E-state index is 12.7. The molecule has 1 aromatic carbocycles. The van der Waals surface area contributed by atoms with E-state index in [9.17, 15) is 4.79 Å². The van der Waals surface area contributed by atoms with E-state index in [0.29, 0.717) is 18.4 Å². The smallest absolute Gasteiger partial charge is 0.227 e. The zero-order valence-corrected chi connectivity index (χ0v) is 13.8. The molecule has 1 aromatic rings. The van der Waals surface area contributed by atoms with Crippen molar-refractivity contribution in [2.75, 3.05) is 39.9 Å². The zero-order chi connectivity index (χ0) is 15.7. The molecule has 4 nitrogen and oxygen atoms in total. The summed E-state index contributed by atoms with van der Waals surface area (Å²) >= 11 is 0. The van der Waals surface area contributed by atoms with Crippen molar-refractivity contribution in [3.63, 3.8) is 0 Å². The number of hydrogen-bond acceptors (Lipinski definition) is 3. The molecule has 22 heavy (non-hydrogen) atoms. The summed E-state index contributed by atoms with van der Waals surface area (Å²) in [5, 5.41) is 0. The molecule has 2 bridgehead atoms. The first-order valence-electron chi connectivity index (χ1n) is 8.15. The lowest BCUT2D eigenvalue weighted by molar-refractivity contribution is -0.132. The molecule has 120 valence electrons. The second-order valence-corrected chi connectivity index (χ2v) is 6.89. The average Bonchev–Trinajstić information content (AvgIpc) is 2.71. The quantitative estimate of drug-likeness (QED) is 0.832. The van der Waals surface area contributed by atoms with E-state index in [0.717, 1.165) is 38.4 Å². The van der Waals surface area contributed by atoms with Crippen LogP contribution < -0.4 is 0 Å². The molecule has 2 aliphatic heterocycles. The molecule has 2 heterocycles. The fourth-order valence-electron chi connectivity index (χ4n) is 3.45. The van der Waals surface area contributed by atoms with Gasteiger partial charge >= 0.3 is 0 Å². The van der Waals surface area contributed by atoms with Gasteiger partial charge in [0.2, 0.25) is 5.91 Å². The molecule has 3 rings (SSSR count). The van der Waals surface area contributed by atoms with Gasteiger partial charge in [-0.1, -0.05) is 18.2 Å². The van der Waals surface area contributed by atoms with E-state index in [1.54, 1.807) is 0 Å². The van der Waals surface area contributed by atoms with Gasteiger partial charge in [-0.25, -0.2) is 0 Å². The molecular formula is C18H26N2O2. The van der Waals surface area contributed by atoms with Crippen LogP contribution in [0.4, 0.5) is 0 Å². The Bertz CT molecular complexity index is 558.